The summed E-state index contributed by atoms with van der Waals surface area (Å²) in [5.41, 5.74) is 3.59. The number of anilines is 2. The third-order valence-corrected chi connectivity index (χ3v) is 6.10. The van der Waals surface area contributed by atoms with Crippen molar-refractivity contribution in [2.24, 2.45) is 5.92 Å². The number of nitrogens with one attached hydrogen (secondary N) is 2. The van der Waals surface area contributed by atoms with Gasteiger partial charge < -0.3 is 20.5 Å². The van der Waals surface area contributed by atoms with E-state index in [1.807, 2.05) is 26.1 Å². The molecule has 0 radical (unpaired) electrons. The highest BCUT2D eigenvalue weighted by atomic mass is 32.1. The Bertz CT molecular complexity index is 974. The number of aliphatic hydroxyl groups excluding tert-OH is 1. The maximum absolute atomic E-state index is 9.48. The summed E-state index contributed by atoms with van der Waals surface area (Å²) >= 11 is 1.62. The molecule has 162 valence electrons. The summed E-state index contributed by atoms with van der Waals surface area (Å²) in [5.74, 6) is 1.59. The summed E-state index contributed by atoms with van der Waals surface area (Å²) in [7, 11) is 1.67. The Morgan fingerprint density at radius 1 is 1.13 bits per heavy atom. The molecular weight excluding hydrogens is 400 g/mol. The zero-order valence-electron chi connectivity index (χ0n) is 18.0. The van der Waals surface area contributed by atoms with E-state index in [0.717, 1.165) is 50.8 Å². The standard InChI is InChI=1S/C21H30N6O2S/c1-5-15(12-28)6-8-23-19-17(13(2)25-21(27-19)24-10-11-29-4)20-26-18-14(3)22-9-7-16(18)30-20/h7,9,15,28H,5-6,8,10-12H2,1-4H3,(H2,23,24,25,27). The van der Waals surface area contributed by atoms with Crippen LogP contribution in [0.3, 0.4) is 0 Å². The Balaban J connectivity index is 1.95. The molecule has 8 nitrogen and oxygen atoms in total. The maximum Gasteiger partial charge on any atom is 0.224 e. The number of hydrogen-bond acceptors (Lipinski definition) is 9. The molecule has 0 aliphatic carbocycles. The van der Waals surface area contributed by atoms with Crippen molar-refractivity contribution in [3.05, 3.63) is 23.7 Å². The molecule has 30 heavy (non-hydrogen) atoms. The third kappa shape index (κ3) is 5.21. The number of aryl methyl sites for hydroxylation is 2. The average Bonchev–Trinajstić information content (AvgIpc) is 3.16. The van der Waals surface area contributed by atoms with Crippen LogP contribution in [0.1, 0.15) is 31.2 Å². The molecule has 0 aliphatic rings. The van der Waals surface area contributed by atoms with Gasteiger partial charge in [0.15, 0.2) is 0 Å². The second-order valence-corrected chi connectivity index (χ2v) is 8.24. The number of methoxy groups -OCH3 is 1. The molecule has 0 saturated carbocycles. The zero-order valence-corrected chi connectivity index (χ0v) is 18.8. The van der Waals surface area contributed by atoms with Crippen molar-refractivity contribution >= 4 is 33.3 Å². The van der Waals surface area contributed by atoms with Crippen LogP contribution in [-0.4, -0.2) is 58.5 Å². The van der Waals surface area contributed by atoms with Crippen LogP contribution in [0.15, 0.2) is 12.3 Å². The van der Waals surface area contributed by atoms with Crippen LogP contribution in [0.2, 0.25) is 0 Å². The second-order valence-electron chi connectivity index (χ2n) is 7.21. The van der Waals surface area contributed by atoms with Gasteiger partial charge in [-0.05, 0) is 32.3 Å². The lowest BCUT2D eigenvalue weighted by molar-refractivity contribution is 0.210. The van der Waals surface area contributed by atoms with E-state index in [9.17, 15) is 5.11 Å². The fourth-order valence-corrected chi connectivity index (χ4v) is 4.32. The van der Waals surface area contributed by atoms with Gasteiger partial charge in [-0.1, -0.05) is 13.3 Å². The first-order chi connectivity index (χ1) is 14.6. The van der Waals surface area contributed by atoms with E-state index in [1.165, 1.54) is 0 Å². The topological polar surface area (TPSA) is 105 Å². The fraction of sp³-hybridized carbons (Fsp3) is 0.524. The van der Waals surface area contributed by atoms with Crippen molar-refractivity contribution in [1.82, 2.24) is 19.9 Å². The molecule has 3 aromatic rings. The average molecular weight is 431 g/mol. The fourth-order valence-electron chi connectivity index (χ4n) is 3.21. The largest absolute Gasteiger partial charge is 0.396 e. The molecule has 1 unspecified atom stereocenters. The van der Waals surface area contributed by atoms with Gasteiger partial charge in [-0.25, -0.2) is 9.97 Å². The first-order valence-corrected chi connectivity index (χ1v) is 11.1. The Hall–Kier alpha value is -2.36. The Morgan fingerprint density at radius 3 is 2.67 bits per heavy atom. The highest BCUT2D eigenvalue weighted by Gasteiger charge is 2.18. The van der Waals surface area contributed by atoms with Gasteiger partial charge in [0, 0.05) is 33.0 Å². The number of nitrogens with zero attached hydrogens (tertiary/aromatic N) is 4. The summed E-state index contributed by atoms with van der Waals surface area (Å²) in [6, 6.07) is 1.99. The van der Waals surface area contributed by atoms with Crippen LogP contribution in [0, 0.1) is 19.8 Å². The van der Waals surface area contributed by atoms with Gasteiger partial charge in [-0.15, -0.1) is 11.3 Å². The van der Waals surface area contributed by atoms with E-state index in [4.69, 9.17) is 14.7 Å². The number of aromatic nitrogens is 4. The first kappa shape index (κ1) is 22.3. The lowest BCUT2D eigenvalue weighted by atomic mass is 10.0. The van der Waals surface area contributed by atoms with Crippen LogP contribution in [0.25, 0.3) is 20.8 Å². The Labute approximate surface area is 181 Å². The minimum absolute atomic E-state index is 0.196. The highest BCUT2D eigenvalue weighted by molar-refractivity contribution is 7.21. The number of ether oxygens (including phenoxy) is 1. The van der Waals surface area contributed by atoms with E-state index >= 15 is 0 Å². The quantitative estimate of drug-likeness (QED) is 0.396. The van der Waals surface area contributed by atoms with Gasteiger partial charge in [0.05, 0.1) is 28.3 Å². The van der Waals surface area contributed by atoms with Crippen molar-refractivity contribution < 1.29 is 9.84 Å². The van der Waals surface area contributed by atoms with Gasteiger partial charge in [-0.2, -0.15) is 4.98 Å². The molecule has 3 rings (SSSR count). The van der Waals surface area contributed by atoms with Crippen LogP contribution < -0.4 is 10.6 Å². The van der Waals surface area contributed by atoms with E-state index in [-0.39, 0.29) is 12.5 Å². The van der Waals surface area contributed by atoms with Gasteiger partial charge in [-0.3, -0.25) is 4.98 Å². The number of thiazole rings is 1. The number of fused-ring (bicyclic) bond motifs is 1. The van der Waals surface area contributed by atoms with Crippen LogP contribution in [-0.2, 0) is 4.74 Å². The van der Waals surface area contributed by atoms with E-state index < -0.39 is 0 Å². The van der Waals surface area contributed by atoms with E-state index in [2.05, 4.69) is 27.5 Å². The zero-order chi connectivity index (χ0) is 21.5. The van der Waals surface area contributed by atoms with Crippen LogP contribution >= 0.6 is 11.3 Å². The van der Waals surface area contributed by atoms with Crippen molar-refractivity contribution in [2.75, 3.05) is 44.0 Å². The molecule has 0 bridgehead atoms. The van der Waals surface area contributed by atoms with Crippen LogP contribution in [0.4, 0.5) is 11.8 Å². The maximum atomic E-state index is 9.48. The molecule has 1 atom stereocenters. The minimum atomic E-state index is 0.196. The number of hydrogen-bond donors (Lipinski definition) is 3. The van der Waals surface area contributed by atoms with Crippen molar-refractivity contribution in [1.29, 1.82) is 0 Å². The molecule has 0 aliphatic heterocycles. The van der Waals surface area contributed by atoms with E-state index in [0.29, 0.717) is 25.6 Å². The van der Waals surface area contributed by atoms with Gasteiger partial charge >= 0.3 is 0 Å². The normalized spacial score (nSPS) is 12.3. The molecule has 0 fully saturated rings. The van der Waals surface area contributed by atoms with Crippen LogP contribution in [0.5, 0.6) is 0 Å². The molecule has 0 amide bonds. The SMILES string of the molecule is CCC(CO)CCNc1nc(NCCOC)nc(C)c1-c1nc2c(C)nccc2s1. The molecular formula is C21H30N6O2S. The summed E-state index contributed by atoms with van der Waals surface area (Å²) in [5, 5.41) is 17.0. The molecule has 0 aromatic carbocycles. The Morgan fingerprint density at radius 2 is 1.97 bits per heavy atom. The summed E-state index contributed by atoms with van der Waals surface area (Å²) in [4.78, 5) is 18.6. The van der Waals surface area contributed by atoms with E-state index in [1.54, 1.807) is 18.4 Å². The predicted molar refractivity (Wildman–Crippen MR) is 122 cm³/mol. The second kappa shape index (κ2) is 10.6. The number of pyridine rings is 1. The number of rotatable bonds is 11. The van der Waals surface area contributed by atoms with Gasteiger partial charge in [0.2, 0.25) is 5.95 Å². The first-order valence-electron chi connectivity index (χ1n) is 10.3. The molecule has 3 heterocycles. The summed E-state index contributed by atoms with van der Waals surface area (Å²) in [6.07, 6.45) is 3.62. The van der Waals surface area contributed by atoms with Crippen molar-refractivity contribution in [3.63, 3.8) is 0 Å². The summed E-state index contributed by atoms with van der Waals surface area (Å²) in [6.45, 7) is 8.15. The third-order valence-electron chi connectivity index (χ3n) is 5.06. The monoisotopic (exact) mass is 430 g/mol. The van der Waals surface area contributed by atoms with Crippen molar-refractivity contribution in [2.45, 2.75) is 33.6 Å². The highest BCUT2D eigenvalue weighted by Crippen LogP contribution is 2.36. The smallest absolute Gasteiger partial charge is 0.224 e. The minimum Gasteiger partial charge on any atom is -0.396 e. The van der Waals surface area contributed by atoms with Gasteiger partial charge in [0.1, 0.15) is 16.3 Å². The number of aliphatic hydroxyl groups is 1. The van der Waals surface area contributed by atoms with Crippen molar-refractivity contribution in [3.8, 4) is 10.6 Å². The van der Waals surface area contributed by atoms with Gasteiger partial charge in [0.25, 0.3) is 0 Å². The lowest BCUT2D eigenvalue weighted by Gasteiger charge is -2.16. The summed E-state index contributed by atoms with van der Waals surface area (Å²) < 4.78 is 6.20. The predicted octanol–water partition coefficient (Wildman–Crippen LogP) is 3.64. The molecule has 0 saturated heterocycles. The molecule has 9 heteroatoms. The molecule has 3 N–H and O–H groups in total. The lowest BCUT2D eigenvalue weighted by Crippen LogP contribution is -2.15. The Kier molecular flexibility index (Phi) is 7.89. The molecule has 3 aromatic heterocycles. The molecule has 0 spiro atoms.